The van der Waals surface area contributed by atoms with Crippen LogP contribution in [-0.4, -0.2) is 43.9 Å². The Kier molecular flexibility index (Phi) is 10.7. The van der Waals surface area contributed by atoms with Crippen LogP contribution in [0.3, 0.4) is 0 Å². The molecule has 0 aliphatic rings. The first-order valence-electron chi connectivity index (χ1n) is 10.3. The van der Waals surface area contributed by atoms with Crippen LogP contribution in [0.1, 0.15) is 40.6 Å². The summed E-state index contributed by atoms with van der Waals surface area (Å²) in [6.45, 7) is 13.1. The molecule has 1 aromatic heterocycles. The summed E-state index contributed by atoms with van der Waals surface area (Å²) in [5.74, 6) is 0.830. The van der Waals surface area contributed by atoms with Crippen LogP contribution >= 0.6 is 11.3 Å². The summed E-state index contributed by atoms with van der Waals surface area (Å²) in [4.78, 5) is 10.6. The highest BCUT2D eigenvalue weighted by Crippen LogP contribution is 2.16. The zero-order chi connectivity index (χ0) is 20.9. The Hall–Kier alpha value is -1.96. The lowest BCUT2D eigenvalue weighted by atomic mass is 10.1. The molecule has 0 saturated carbocycles. The van der Waals surface area contributed by atoms with Crippen molar-refractivity contribution < 1.29 is 9.47 Å². The molecule has 2 aromatic rings. The third-order valence-electron chi connectivity index (χ3n) is 4.30. The molecule has 6 nitrogen and oxygen atoms in total. The van der Waals surface area contributed by atoms with E-state index < -0.39 is 0 Å². The zero-order valence-electron chi connectivity index (χ0n) is 18.1. The third kappa shape index (κ3) is 8.94. The molecular formula is C22H34N4O2S. The number of benzene rings is 1. The van der Waals surface area contributed by atoms with E-state index in [0.717, 1.165) is 43.3 Å². The number of hydrogen-bond donors (Lipinski definition) is 2. The van der Waals surface area contributed by atoms with Crippen LogP contribution in [0, 0.1) is 13.8 Å². The Balaban J connectivity index is 1.82. The Labute approximate surface area is 178 Å². The number of nitrogens with one attached hydrogen (secondary N) is 2. The van der Waals surface area contributed by atoms with Gasteiger partial charge in [-0.15, -0.1) is 11.3 Å². The van der Waals surface area contributed by atoms with E-state index in [2.05, 4.69) is 60.7 Å². The van der Waals surface area contributed by atoms with Gasteiger partial charge >= 0.3 is 0 Å². The van der Waals surface area contributed by atoms with E-state index in [1.54, 1.807) is 11.3 Å². The number of hydrogen-bond acceptors (Lipinski definition) is 5. The van der Waals surface area contributed by atoms with Crippen molar-refractivity contribution >= 4 is 17.3 Å². The maximum atomic E-state index is 5.66. The fraction of sp³-hybridized carbons (Fsp3) is 0.545. The van der Waals surface area contributed by atoms with Gasteiger partial charge in [0.25, 0.3) is 0 Å². The minimum absolute atomic E-state index is 0.593. The van der Waals surface area contributed by atoms with Crippen LogP contribution in [0.4, 0.5) is 0 Å². The number of aryl methyl sites for hydroxylation is 2. The van der Waals surface area contributed by atoms with E-state index in [-0.39, 0.29) is 0 Å². The average molecular weight is 419 g/mol. The van der Waals surface area contributed by atoms with Gasteiger partial charge in [-0.05, 0) is 38.8 Å². The molecule has 0 spiro atoms. The fourth-order valence-corrected chi connectivity index (χ4v) is 3.65. The lowest BCUT2D eigenvalue weighted by Crippen LogP contribution is -2.38. The van der Waals surface area contributed by atoms with E-state index in [4.69, 9.17) is 14.5 Å². The molecule has 1 aromatic carbocycles. The Morgan fingerprint density at radius 1 is 1.10 bits per heavy atom. The number of guanidine groups is 1. The summed E-state index contributed by atoms with van der Waals surface area (Å²) in [6, 6.07) is 8.38. The average Bonchev–Trinajstić information content (AvgIpc) is 3.03. The quantitative estimate of drug-likeness (QED) is 0.313. The van der Waals surface area contributed by atoms with E-state index in [9.17, 15) is 0 Å². The van der Waals surface area contributed by atoms with Crippen molar-refractivity contribution in [2.75, 3.05) is 32.9 Å². The summed E-state index contributed by atoms with van der Waals surface area (Å²) in [6.07, 6.45) is 0.901. The molecule has 0 aliphatic carbocycles. The van der Waals surface area contributed by atoms with Crippen molar-refractivity contribution in [2.24, 2.45) is 4.99 Å². The summed E-state index contributed by atoms with van der Waals surface area (Å²) < 4.78 is 10.9. The zero-order valence-corrected chi connectivity index (χ0v) is 18.9. The van der Waals surface area contributed by atoms with Gasteiger partial charge in [0.05, 0.1) is 37.1 Å². The Morgan fingerprint density at radius 2 is 1.90 bits per heavy atom. The third-order valence-corrected chi connectivity index (χ3v) is 5.44. The monoisotopic (exact) mass is 418 g/mol. The maximum Gasteiger partial charge on any atom is 0.191 e. The summed E-state index contributed by atoms with van der Waals surface area (Å²) in [7, 11) is 0. The highest BCUT2D eigenvalue weighted by molar-refractivity contribution is 7.11. The minimum Gasteiger partial charge on any atom is -0.379 e. The molecule has 0 bridgehead atoms. The van der Waals surface area contributed by atoms with Crippen molar-refractivity contribution in [1.82, 2.24) is 15.6 Å². The van der Waals surface area contributed by atoms with Crippen molar-refractivity contribution in [3.05, 3.63) is 51.0 Å². The molecule has 7 heteroatoms. The molecule has 0 unspecified atom stereocenters. The van der Waals surface area contributed by atoms with Gasteiger partial charge in [-0.25, -0.2) is 9.98 Å². The van der Waals surface area contributed by atoms with Crippen LogP contribution < -0.4 is 10.6 Å². The maximum absolute atomic E-state index is 5.66. The second kappa shape index (κ2) is 13.3. The number of rotatable bonds is 12. The van der Waals surface area contributed by atoms with Gasteiger partial charge in [-0.1, -0.05) is 24.3 Å². The summed E-state index contributed by atoms with van der Waals surface area (Å²) >= 11 is 1.77. The number of aromatic nitrogens is 1. The lowest BCUT2D eigenvalue weighted by Gasteiger charge is -2.11. The van der Waals surface area contributed by atoms with Gasteiger partial charge in [0, 0.05) is 31.0 Å². The topological polar surface area (TPSA) is 67.8 Å². The normalized spacial score (nSPS) is 11.7. The molecule has 0 radical (unpaired) electrons. The number of aliphatic imine (C=N–C) groups is 1. The lowest BCUT2D eigenvalue weighted by molar-refractivity contribution is 0.0453. The minimum atomic E-state index is 0.593. The molecular weight excluding hydrogens is 384 g/mol. The molecule has 0 atom stereocenters. The predicted molar refractivity (Wildman–Crippen MR) is 121 cm³/mol. The van der Waals surface area contributed by atoms with Crippen LogP contribution in [0.25, 0.3) is 0 Å². The Morgan fingerprint density at radius 3 is 2.62 bits per heavy atom. The van der Waals surface area contributed by atoms with Crippen molar-refractivity contribution in [2.45, 2.75) is 47.3 Å². The standard InChI is InChI=1S/C22H34N4O2S/c1-5-23-22(24-11-10-21-26-17(3)18(4)29-21)25-15-19-8-7-9-20(14-19)16-28-13-12-27-6-2/h7-9,14H,5-6,10-13,15-16H2,1-4H3,(H2,23,24,25). The molecule has 160 valence electrons. The van der Waals surface area contributed by atoms with Gasteiger partial charge in [-0.3, -0.25) is 0 Å². The van der Waals surface area contributed by atoms with Crippen molar-refractivity contribution in [1.29, 1.82) is 0 Å². The van der Waals surface area contributed by atoms with Crippen LogP contribution in [-0.2, 0) is 29.0 Å². The van der Waals surface area contributed by atoms with E-state index >= 15 is 0 Å². The molecule has 0 aliphatic heterocycles. The van der Waals surface area contributed by atoms with Crippen LogP contribution in [0.15, 0.2) is 29.3 Å². The molecule has 1 heterocycles. The first kappa shape index (κ1) is 23.3. The van der Waals surface area contributed by atoms with Gasteiger partial charge in [0.15, 0.2) is 5.96 Å². The first-order valence-corrected chi connectivity index (χ1v) is 11.1. The molecule has 2 rings (SSSR count). The predicted octanol–water partition coefficient (Wildman–Crippen LogP) is 3.61. The van der Waals surface area contributed by atoms with Crippen LogP contribution in [0.2, 0.25) is 0 Å². The SMILES string of the molecule is CCNC(=NCc1cccc(COCCOCC)c1)NCCc1nc(C)c(C)s1. The fourth-order valence-electron chi connectivity index (χ4n) is 2.72. The highest BCUT2D eigenvalue weighted by atomic mass is 32.1. The molecule has 29 heavy (non-hydrogen) atoms. The largest absolute Gasteiger partial charge is 0.379 e. The number of thiazole rings is 1. The van der Waals surface area contributed by atoms with Crippen molar-refractivity contribution in [3.63, 3.8) is 0 Å². The van der Waals surface area contributed by atoms with Gasteiger partial charge in [-0.2, -0.15) is 0 Å². The van der Waals surface area contributed by atoms with Gasteiger partial charge in [0.1, 0.15) is 0 Å². The smallest absolute Gasteiger partial charge is 0.191 e. The van der Waals surface area contributed by atoms with Gasteiger partial charge in [0.2, 0.25) is 0 Å². The van der Waals surface area contributed by atoms with E-state index in [1.165, 1.54) is 15.4 Å². The van der Waals surface area contributed by atoms with E-state index in [0.29, 0.717) is 26.4 Å². The molecule has 0 saturated heterocycles. The Bertz CT molecular complexity index is 742. The second-order valence-corrected chi connectivity index (χ2v) is 7.98. The van der Waals surface area contributed by atoms with Crippen molar-refractivity contribution in [3.8, 4) is 0 Å². The summed E-state index contributed by atoms with van der Waals surface area (Å²) in [5, 5.41) is 7.88. The first-order chi connectivity index (χ1) is 14.1. The molecule has 2 N–H and O–H groups in total. The number of ether oxygens (including phenoxy) is 2. The highest BCUT2D eigenvalue weighted by Gasteiger charge is 2.04. The molecule has 0 fully saturated rings. The van der Waals surface area contributed by atoms with Crippen LogP contribution in [0.5, 0.6) is 0 Å². The number of nitrogens with zero attached hydrogens (tertiary/aromatic N) is 2. The summed E-state index contributed by atoms with van der Waals surface area (Å²) in [5.41, 5.74) is 3.45. The second-order valence-electron chi connectivity index (χ2n) is 6.69. The molecule has 0 amide bonds. The van der Waals surface area contributed by atoms with Gasteiger partial charge < -0.3 is 20.1 Å². The van der Waals surface area contributed by atoms with E-state index in [1.807, 2.05) is 6.92 Å².